The van der Waals surface area contributed by atoms with Gasteiger partial charge in [-0.3, -0.25) is 14.5 Å². The van der Waals surface area contributed by atoms with Crippen molar-refractivity contribution in [1.29, 1.82) is 0 Å². The van der Waals surface area contributed by atoms with Gasteiger partial charge in [-0.1, -0.05) is 22.9 Å². The van der Waals surface area contributed by atoms with Crippen LogP contribution in [0.1, 0.15) is 19.4 Å². The first-order chi connectivity index (χ1) is 12.3. The van der Waals surface area contributed by atoms with Crippen molar-refractivity contribution in [2.45, 2.75) is 26.8 Å². The number of benzene rings is 1. The van der Waals surface area contributed by atoms with Gasteiger partial charge in [-0.2, -0.15) is 0 Å². The summed E-state index contributed by atoms with van der Waals surface area (Å²) in [5, 5.41) is 2.92. The van der Waals surface area contributed by atoms with E-state index >= 15 is 0 Å². The number of halogens is 1. The molecule has 7 heteroatoms. The second-order valence-corrected chi connectivity index (χ2v) is 7.77. The highest BCUT2D eigenvalue weighted by molar-refractivity contribution is 9.10. The monoisotopic (exact) mass is 424 g/mol. The van der Waals surface area contributed by atoms with E-state index in [9.17, 15) is 9.59 Å². The lowest BCUT2D eigenvalue weighted by molar-refractivity contribution is -0.138. The molecule has 1 aromatic rings. The van der Waals surface area contributed by atoms with Gasteiger partial charge in [0.15, 0.2) is 0 Å². The van der Waals surface area contributed by atoms with Crippen LogP contribution in [0.4, 0.5) is 5.69 Å². The summed E-state index contributed by atoms with van der Waals surface area (Å²) >= 11 is 3.42. The number of nitrogens with zero attached hydrogens (tertiary/aromatic N) is 3. The second kappa shape index (κ2) is 9.48. The summed E-state index contributed by atoms with van der Waals surface area (Å²) in [5.74, 6) is -0.0238. The molecule has 0 aliphatic carbocycles. The van der Waals surface area contributed by atoms with Gasteiger partial charge in [0.1, 0.15) is 0 Å². The molecule has 0 radical (unpaired) electrons. The van der Waals surface area contributed by atoms with Crippen LogP contribution in [0.25, 0.3) is 0 Å². The van der Waals surface area contributed by atoms with E-state index in [0.717, 1.165) is 48.4 Å². The van der Waals surface area contributed by atoms with Crippen molar-refractivity contribution >= 4 is 33.4 Å². The van der Waals surface area contributed by atoms with Crippen LogP contribution < -0.4 is 5.32 Å². The number of nitrogens with one attached hydrogen (secondary N) is 1. The van der Waals surface area contributed by atoms with Gasteiger partial charge in [0.05, 0.1) is 12.6 Å². The number of piperazine rings is 1. The summed E-state index contributed by atoms with van der Waals surface area (Å²) in [6.07, 6.45) is 0. The van der Waals surface area contributed by atoms with Crippen molar-refractivity contribution in [3.05, 3.63) is 28.2 Å². The average Bonchev–Trinajstić information content (AvgIpc) is 2.62. The predicted octanol–water partition coefficient (Wildman–Crippen LogP) is 2.18. The summed E-state index contributed by atoms with van der Waals surface area (Å²) in [6.45, 7) is 10.5. The van der Waals surface area contributed by atoms with E-state index in [1.54, 1.807) is 4.90 Å². The van der Waals surface area contributed by atoms with Crippen molar-refractivity contribution in [1.82, 2.24) is 14.7 Å². The number of hydrogen-bond acceptors (Lipinski definition) is 4. The van der Waals surface area contributed by atoms with E-state index in [0.29, 0.717) is 0 Å². The minimum Gasteiger partial charge on any atom is -0.339 e. The Balaban J connectivity index is 1.86. The number of anilines is 1. The Labute approximate surface area is 164 Å². The number of hydrogen-bond donors (Lipinski definition) is 1. The predicted molar refractivity (Wildman–Crippen MR) is 108 cm³/mol. The van der Waals surface area contributed by atoms with E-state index in [2.05, 4.69) is 33.1 Å². The average molecular weight is 425 g/mol. The quantitative estimate of drug-likeness (QED) is 0.759. The molecular formula is C19H29BrN4O2. The molecule has 1 saturated heterocycles. The molecule has 1 N–H and O–H groups in total. The maximum atomic E-state index is 12.7. The standard InChI is InChI=1S/C19H29BrN4O2/c1-5-23-8-10-24(11-9-23)19(26)15(3)22(4)13-18(25)21-17-7-6-16(20)12-14(17)2/h6-7,12,15H,5,8-11,13H2,1-4H3,(H,21,25)/t15-/m1/s1. The third kappa shape index (κ3) is 5.53. The van der Waals surface area contributed by atoms with E-state index in [-0.39, 0.29) is 24.4 Å². The lowest BCUT2D eigenvalue weighted by Gasteiger charge is -2.36. The molecule has 2 amide bonds. The molecule has 144 valence electrons. The number of carbonyl (C=O) groups excluding carboxylic acids is 2. The van der Waals surface area contributed by atoms with Gasteiger partial charge in [0, 0.05) is 36.3 Å². The van der Waals surface area contributed by atoms with Crippen LogP contribution in [0.15, 0.2) is 22.7 Å². The number of amides is 2. The molecule has 1 heterocycles. The molecule has 26 heavy (non-hydrogen) atoms. The molecule has 1 aliphatic heterocycles. The Morgan fingerprint density at radius 3 is 2.50 bits per heavy atom. The molecule has 2 rings (SSSR count). The Morgan fingerprint density at radius 1 is 1.27 bits per heavy atom. The minimum atomic E-state index is -0.319. The highest BCUT2D eigenvalue weighted by Crippen LogP contribution is 2.20. The highest BCUT2D eigenvalue weighted by atomic mass is 79.9. The zero-order valence-electron chi connectivity index (χ0n) is 16.1. The zero-order chi connectivity index (χ0) is 19.3. The van der Waals surface area contributed by atoms with Crippen LogP contribution in [0.3, 0.4) is 0 Å². The van der Waals surface area contributed by atoms with Crippen LogP contribution >= 0.6 is 15.9 Å². The SMILES string of the molecule is CCN1CCN(C(=O)[C@@H](C)N(C)CC(=O)Nc2ccc(Br)cc2C)CC1. The van der Waals surface area contributed by atoms with E-state index in [1.807, 2.05) is 44.0 Å². The number of likely N-dealkylation sites (N-methyl/N-ethyl adjacent to an activating group) is 2. The summed E-state index contributed by atoms with van der Waals surface area (Å²) in [4.78, 5) is 31.1. The third-order valence-electron chi connectivity index (χ3n) is 5.01. The maximum absolute atomic E-state index is 12.7. The molecule has 0 saturated carbocycles. The summed E-state index contributed by atoms with van der Waals surface area (Å²) in [5.41, 5.74) is 1.79. The lowest BCUT2D eigenvalue weighted by atomic mass is 10.2. The molecule has 1 aliphatic rings. The van der Waals surface area contributed by atoms with Gasteiger partial charge in [-0.25, -0.2) is 0 Å². The Kier molecular flexibility index (Phi) is 7.61. The van der Waals surface area contributed by atoms with Crippen LogP contribution in [-0.4, -0.2) is 78.9 Å². The van der Waals surface area contributed by atoms with Gasteiger partial charge >= 0.3 is 0 Å². The first kappa shape index (κ1) is 20.9. The van der Waals surface area contributed by atoms with Crippen LogP contribution in [0.5, 0.6) is 0 Å². The lowest BCUT2D eigenvalue weighted by Crippen LogP contribution is -2.54. The van der Waals surface area contributed by atoms with E-state index in [4.69, 9.17) is 0 Å². The number of rotatable bonds is 6. The molecule has 1 fully saturated rings. The smallest absolute Gasteiger partial charge is 0.239 e. The Morgan fingerprint density at radius 2 is 1.92 bits per heavy atom. The Bertz CT molecular complexity index is 644. The fourth-order valence-electron chi connectivity index (χ4n) is 3.06. The highest BCUT2D eigenvalue weighted by Gasteiger charge is 2.27. The van der Waals surface area contributed by atoms with Crippen LogP contribution in [0, 0.1) is 6.92 Å². The molecular weight excluding hydrogens is 396 g/mol. The van der Waals surface area contributed by atoms with Crippen LogP contribution in [-0.2, 0) is 9.59 Å². The van der Waals surface area contributed by atoms with Gasteiger partial charge in [0.25, 0.3) is 0 Å². The van der Waals surface area contributed by atoms with Crippen molar-refractivity contribution in [3.8, 4) is 0 Å². The van der Waals surface area contributed by atoms with Gasteiger partial charge in [0.2, 0.25) is 11.8 Å². The largest absolute Gasteiger partial charge is 0.339 e. The fourth-order valence-corrected chi connectivity index (χ4v) is 3.53. The van der Waals surface area contributed by atoms with Crippen LogP contribution in [0.2, 0.25) is 0 Å². The number of carbonyl (C=O) groups is 2. The molecule has 1 atom stereocenters. The molecule has 0 spiro atoms. The molecule has 0 aromatic heterocycles. The zero-order valence-corrected chi connectivity index (χ0v) is 17.7. The van der Waals surface area contributed by atoms with Gasteiger partial charge in [-0.15, -0.1) is 0 Å². The Hall–Kier alpha value is -1.44. The third-order valence-corrected chi connectivity index (χ3v) is 5.50. The van der Waals surface area contributed by atoms with E-state index in [1.165, 1.54) is 0 Å². The van der Waals surface area contributed by atoms with Crippen molar-refractivity contribution in [2.24, 2.45) is 0 Å². The minimum absolute atomic E-state index is 0.0934. The first-order valence-electron chi connectivity index (χ1n) is 9.09. The summed E-state index contributed by atoms with van der Waals surface area (Å²) < 4.78 is 0.979. The van der Waals surface area contributed by atoms with Gasteiger partial charge < -0.3 is 15.1 Å². The summed E-state index contributed by atoms with van der Waals surface area (Å²) in [6, 6.07) is 5.41. The molecule has 1 aromatic carbocycles. The molecule has 0 unspecified atom stereocenters. The van der Waals surface area contributed by atoms with E-state index < -0.39 is 0 Å². The fraction of sp³-hybridized carbons (Fsp3) is 0.579. The maximum Gasteiger partial charge on any atom is 0.239 e. The van der Waals surface area contributed by atoms with Crippen molar-refractivity contribution in [3.63, 3.8) is 0 Å². The van der Waals surface area contributed by atoms with Crippen molar-refractivity contribution < 1.29 is 9.59 Å². The first-order valence-corrected chi connectivity index (χ1v) is 9.88. The van der Waals surface area contributed by atoms with Gasteiger partial charge in [-0.05, 0) is 51.2 Å². The topological polar surface area (TPSA) is 55.9 Å². The van der Waals surface area contributed by atoms with Crippen molar-refractivity contribution in [2.75, 3.05) is 51.6 Å². The molecule has 0 bridgehead atoms. The molecule has 6 nitrogen and oxygen atoms in total. The summed E-state index contributed by atoms with van der Waals surface area (Å²) in [7, 11) is 1.82. The second-order valence-electron chi connectivity index (χ2n) is 6.86. The normalized spacial score (nSPS) is 16.6. The number of aryl methyl sites for hydroxylation is 1.